The molecule has 2 atom stereocenters. The van der Waals surface area contributed by atoms with Gasteiger partial charge in [0.05, 0.1) is 24.7 Å². The molecule has 3 nitrogen and oxygen atoms in total. The molecule has 0 bridgehead atoms. The Morgan fingerprint density at radius 2 is 1.27 bits per heavy atom. The molecule has 0 aliphatic heterocycles. The molecule has 0 amide bonds. The molecule has 2 unspecified atom stereocenters. The first-order chi connectivity index (χ1) is 7.20. The van der Waals surface area contributed by atoms with Gasteiger partial charge >= 0.3 is 0 Å². The zero-order valence-corrected chi connectivity index (χ0v) is 10.1. The minimum atomic E-state index is 0.0905. The molecule has 0 saturated heterocycles. The van der Waals surface area contributed by atoms with Gasteiger partial charge in [-0.2, -0.15) is 0 Å². The van der Waals surface area contributed by atoms with Crippen molar-refractivity contribution in [3.63, 3.8) is 0 Å². The fraction of sp³-hybridized carbons (Fsp3) is 0.667. The van der Waals surface area contributed by atoms with Gasteiger partial charge in [-0.25, -0.2) is 0 Å². The largest absolute Gasteiger partial charge is 0.473 e. The van der Waals surface area contributed by atoms with Crippen molar-refractivity contribution >= 4 is 0 Å². The lowest BCUT2D eigenvalue weighted by atomic mass is 10.4. The van der Waals surface area contributed by atoms with Crippen LogP contribution in [0.25, 0.3) is 0 Å². The Morgan fingerprint density at radius 1 is 0.867 bits per heavy atom. The lowest BCUT2D eigenvalue weighted by Crippen LogP contribution is -2.04. The fourth-order valence-electron chi connectivity index (χ4n) is 0.994. The quantitative estimate of drug-likeness (QED) is 0.581. The minimum Gasteiger partial charge on any atom is -0.473 e. The molecule has 88 valence electrons. The van der Waals surface area contributed by atoms with Crippen LogP contribution >= 0.6 is 0 Å². The number of hydrogen-bond donors (Lipinski definition) is 0. The van der Waals surface area contributed by atoms with Gasteiger partial charge in [-0.1, -0.05) is 0 Å². The highest BCUT2D eigenvalue weighted by atomic mass is 16.5. The lowest BCUT2D eigenvalue weighted by molar-refractivity contribution is 0.106. The van der Waals surface area contributed by atoms with Gasteiger partial charge in [-0.15, -0.1) is 0 Å². The second-order valence-corrected chi connectivity index (χ2v) is 3.11. The average molecular weight is 214 g/mol. The molecule has 0 rings (SSSR count). The zero-order valence-electron chi connectivity index (χ0n) is 10.1. The third-order valence-corrected chi connectivity index (χ3v) is 1.72. The van der Waals surface area contributed by atoms with Gasteiger partial charge in [0.25, 0.3) is 0 Å². The molecule has 0 aromatic heterocycles. The van der Waals surface area contributed by atoms with Gasteiger partial charge < -0.3 is 14.2 Å². The summed E-state index contributed by atoms with van der Waals surface area (Å²) in [4.78, 5) is 0. The third kappa shape index (κ3) is 9.50. The minimum absolute atomic E-state index is 0.0905. The van der Waals surface area contributed by atoms with E-state index in [0.717, 1.165) is 0 Å². The van der Waals surface area contributed by atoms with Crippen molar-refractivity contribution in [3.05, 3.63) is 24.7 Å². The molecule has 0 saturated carbocycles. The molecule has 3 heteroatoms. The lowest BCUT2D eigenvalue weighted by Gasteiger charge is -2.05. The number of hydrogen-bond acceptors (Lipinski definition) is 3. The average Bonchev–Trinajstić information content (AvgIpc) is 2.18. The van der Waals surface area contributed by atoms with Crippen LogP contribution in [0.4, 0.5) is 0 Å². The number of rotatable bonds is 8. The van der Waals surface area contributed by atoms with E-state index in [9.17, 15) is 0 Å². The Bertz CT molecular complexity index is 167. The molecule has 0 aromatic carbocycles. The first-order valence-corrected chi connectivity index (χ1v) is 5.42. The molecule has 0 aromatic rings. The summed E-state index contributed by atoms with van der Waals surface area (Å²) >= 11 is 0. The second-order valence-electron chi connectivity index (χ2n) is 3.11. The van der Waals surface area contributed by atoms with Crippen molar-refractivity contribution in [3.8, 4) is 0 Å². The van der Waals surface area contributed by atoms with Gasteiger partial charge in [-0.3, -0.25) is 0 Å². The molecule has 0 radical (unpaired) electrons. The standard InChI is InChI=1S/C12H22O3/c1-5-14-11(3)7-9-13-10-8-12(4)15-6-2/h7-12H,5-6H2,1-4H3/b9-7+,10-8+. The van der Waals surface area contributed by atoms with Gasteiger partial charge in [-0.05, 0) is 39.8 Å². The zero-order chi connectivity index (χ0) is 11.5. The Kier molecular flexibility index (Phi) is 9.22. The third-order valence-electron chi connectivity index (χ3n) is 1.72. The van der Waals surface area contributed by atoms with Crippen molar-refractivity contribution in [2.75, 3.05) is 13.2 Å². The molecule has 0 aliphatic rings. The van der Waals surface area contributed by atoms with Crippen LogP contribution in [-0.4, -0.2) is 25.4 Å². The van der Waals surface area contributed by atoms with Crippen LogP contribution in [0.3, 0.4) is 0 Å². The molecule has 0 fully saturated rings. The summed E-state index contributed by atoms with van der Waals surface area (Å²) in [7, 11) is 0. The number of ether oxygens (including phenoxy) is 3. The van der Waals surface area contributed by atoms with Crippen LogP contribution < -0.4 is 0 Å². The summed E-state index contributed by atoms with van der Waals surface area (Å²) in [6, 6.07) is 0. The summed E-state index contributed by atoms with van der Waals surface area (Å²) in [5.41, 5.74) is 0. The Balaban J connectivity index is 3.59. The normalized spacial score (nSPS) is 16.0. The molecular formula is C12H22O3. The summed E-state index contributed by atoms with van der Waals surface area (Å²) in [5, 5.41) is 0. The van der Waals surface area contributed by atoms with Crippen LogP contribution in [-0.2, 0) is 14.2 Å². The van der Waals surface area contributed by atoms with Crippen LogP contribution in [0.2, 0.25) is 0 Å². The predicted molar refractivity (Wildman–Crippen MR) is 61.5 cm³/mol. The predicted octanol–water partition coefficient (Wildman–Crippen LogP) is 2.88. The van der Waals surface area contributed by atoms with Crippen molar-refractivity contribution < 1.29 is 14.2 Å². The van der Waals surface area contributed by atoms with E-state index in [-0.39, 0.29) is 12.2 Å². The fourth-order valence-corrected chi connectivity index (χ4v) is 0.994. The van der Waals surface area contributed by atoms with E-state index in [0.29, 0.717) is 13.2 Å². The summed E-state index contributed by atoms with van der Waals surface area (Å²) in [6.45, 7) is 9.29. The van der Waals surface area contributed by atoms with Crippen molar-refractivity contribution in [1.82, 2.24) is 0 Å². The second kappa shape index (κ2) is 9.74. The maximum atomic E-state index is 5.29. The van der Waals surface area contributed by atoms with Gasteiger partial charge in [0.1, 0.15) is 0 Å². The molecular weight excluding hydrogens is 192 g/mol. The maximum absolute atomic E-state index is 5.29. The topological polar surface area (TPSA) is 27.7 Å². The van der Waals surface area contributed by atoms with Crippen LogP contribution in [0.1, 0.15) is 27.7 Å². The van der Waals surface area contributed by atoms with Crippen LogP contribution in [0, 0.1) is 0 Å². The molecule has 0 N–H and O–H groups in total. The Labute approximate surface area is 92.7 Å². The first-order valence-electron chi connectivity index (χ1n) is 5.42. The van der Waals surface area contributed by atoms with E-state index >= 15 is 0 Å². The van der Waals surface area contributed by atoms with Crippen LogP contribution in [0.15, 0.2) is 24.7 Å². The van der Waals surface area contributed by atoms with E-state index < -0.39 is 0 Å². The van der Waals surface area contributed by atoms with Crippen molar-refractivity contribution in [2.24, 2.45) is 0 Å². The monoisotopic (exact) mass is 214 g/mol. The van der Waals surface area contributed by atoms with Gasteiger partial charge in [0, 0.05) is 13.2 Å². The van der Waals surface area contributed by atoms with Gasteiger partial charge in [0.15, 0.2) is 0 Å². The highest BCUT2D eigenvalue weighted by molar-refractivity contribution is 4.86. The summed E-state index contributed by atoms with van der Waals surface area (Å²) in [5.74, 6) is 0. The molecule has 0 heterocycles. The summed E-state index contributed by atoms with van der Waals surface area (Å²) < 4.78 is 15.7. The maximum Gasteiger partial charge on any atom is 0.0887 e. The van der Waals surface area contributed by atoms with Crippen LogP contribution in [0.5, 0.6) is 0 Å². The molecule has 0 spiro atoms. The first kappa shape index (κ1) is 14.2. The molecule has 15 heavy (non-hydrogen) atoms. The van der Waals surface area contributed by atoms with Gasteiger partial charge in [0.2, 0.25) is 0 Å². The Hall–Kier alpha value is -0.800. The highest BCUT2D eigenvalue weighted by Gasteiger charge is 1.93. The van der Waals surface area contributed by atoms with E-state index in [4.69, 9.17) is 14.2 Å². The highest BCUT2D eigenvalue weighted by Crippen LogP contribution is 1.95. The Morgan fingerprint density at radius 3 is 1.60 bits per heavy atom. The molecule has 0 aliphatic carbocycles. The SMILES string of the molecule is CCOC(C)/C=C/O/C=C/C(C)OCC. The summed E-state index contributed by atoms with van der Waals surface area (Å²) in [6.07, 6.45) is 7.14. The van der Waals surface area contributed by atoms with E-state index in [2.05, 4.69) is 0 Å². The van der Waals surface area contributed by atoms with Crippen molar-refractivity contribution in [1.29, 1.82) is 0 Å². The van der Waals surface area contributed by atoms with E-state index in [1.165, 1.54) is 0 Å². The van der Waals surface area contributed by atoms with E-state index in [1.54, 1.807) is 12.5 Å². The van der Waals surface area contributed by atoms with E-state index in [1.807, 2.05) is 39.8 Å². The van der Waals surface area contributed by atoms with Crippen molar-refractivity contribution in [2.45, 2.75) is 39.9 Å². The smallest absolute Gasteiger partial charge is 0.0887 e.